The maximum Gasteiger partial charge on any atom is 0.328 e. The zero-order valence-electron chi connectivity index (χ0n) is 15.9. The smallest absolute Gasteiger partial charge is 0.328 e. The Morgan fingerprint density at radius 2 is 1.90 bits per heavy atom. The standard InChI is InChI=1S/C21H19NO6S/c1-3-26-20(23)21(11-22)18(14-6-9-16-17(10-14)28-12-27-16)19(21)29(24,25)15-7-4-13(2)5-8-15/h4-10,18-19H,3,12H2,1-2H3/t18-,19-,21-/m1/s1. The van der Waals surface area contributed by atoms with Crippen LogP contribution in [-0.4, -0.2) is 33.0 Å². The van der Waals surface area contributed by atoms with Gasteiger partial charge in [-0.2, -0.15) is 5.26 Å². The van der Waals surface area contributed by atoms with Crippen LogP contribution in [0.5, 0.6) is 11.5 Å². The summed E-state index contributed by atoms with van der Waals surface area (Å²) in [4.78, 5) is 12.8. The third-order valence-corrected chi connectivity index (χ3v) is 7.61. The highest BCUT2D eigenvalue weighted by Gasteiger charge is 2.77. The molecule has 1 aliphatic heterocycles. The number of benzene rings is 2. The van der Waals surface area contributed by atoms with Gasteiger partial charge in [0.25, 0.3) is 0 Å². The molecule has 0 spiro atoms. The Morgan fingerprint density at radius 3 is 2.55 bits per heavy atom. The van der Waals surface area contributed by atoms with Gasteiger partial charge in [0.1, 0.15) is 5.25 Å². The minimum Gasteiger partial charge on any atom is -0.465 e. The van der Waals surface area contributed by atoms with Crippen LogP contribution in [0.3, 0.4) is 0 Å². The quantitative estimate of drug-likeness (QED) is 0.695. The first-order chi connectivity index (χ1) is 13.9. The van der Waals surface area contributed by atoms with E-state index in [0.29, 0.717) is 17.1 Å². The number of rotatable bonds is 5. The lowest BCUT2D eigenvalue weighted by Crippen LogP contribution is -2.25. The fourth-order valence-corrected chi connectivity index (χ4v) is 6.12. The number of carbonyl (C=O) groups excluding carboxylic acids is 1. The third kappa shape index (κ3) is 2.85. The molecule has 0 radical (unpaired) electrons. The van der Waals surface area contributed by atoms with Crippen molar-refractivity contribution in [2.75, 3.05) is 13.4 Å². The van der Waals surface area contributed by atoms with Crippen LogP contribution < -0.4 is 9.47 Å². The lowest BCUT2D eigenvalue weighted by atomic mass is 10.0. The fraction of sp³-hybridized carbons (Fsp3) is 0.333. The zero-order valence-corrected chi connectivity index (χ0v) is 16.7. The highest BCUT2D eigenvalue weighted by atomic mass is 32.2. The number of hydrogen-bond donors (Lipinski definition) is 0. The van der Waals surface area contributed by atoms with Crippen molar-refractivity contribution in [3.05, 3.63) is 53.6 Å². The van der Waals surface area contributed by atoms with Gasteiger partial charge < -0.3 is 14.2 Å². The van der Waals surface area contributed by atoms with Gasteiger partial charge in [0.2, 0.25) is 6.79 Å². The molecule has 0 saturated heterocycles. The second-order valence-electron chi connectivity index (χ2n) is 7.07. The summed E-state index contributed by atoms with van der Waals surface area (Å²) in [7, 11) is -3.97. The third-order valence-electron chi connectivity index (χ3n) is 5.37. The predicted molar refractivity (Wildman–Crippen MR) is 102 cm³/mol. The summed E-state index contributed by atoms with van der Waals surface area (Å²) < 4.78 is 42.6. The highest BCUT2D eigenvalue weighted by molar-refractivity contribution is 7.92. The van der Waals surface area contributed by atoms with E-state index in [9.17, 15) is 18.5 Å². The predicted octanol–water partition coefficient (Wildman–Crippen LogP) is 2.74. The van der Waals surface area contributed by atoms with Crippen molar-refractivity contribution in [1.29, 1.82) is 5.26 Å². The minimum atomic E-state index is -3.97. The monoisotopic (exact) mass is 413 g/mol. The van der Waals surface area contributed by atoms with Crippen molar-refractivity contribution < 1.29 is 27.4 Å². The molecule has 8 heteroatoms. The average molecular weight is 413 g/mol. The van der Waals surface area contributed by atoms with Crippen LogP contribution in [0.4, 0.5) is 0 Å². The number of aryl methyl sites for hydroxylation is 1. The average Bonchev–Trinajstić information content (AvgIpc) is 3.20. The SMILES string of the molecule is CCOC(=O)[C@]1(C#N)[C@H](c2ccc3c(c2)OCO3)[C@H]1S(=O)(=O)c1ccc(C)cc1. The first-order valence-electron chi connectivity index (χ1n) is 9.15. The van der Waals surface area contributed by atoms with Gasteiger partial charge in [-0.1, -0.05) is 23.8 Å². The van der Waals surface area contributed by atoms with Gasteiger partial charge in [0.15, 0.2) is 26.8 Å². The van der Waals surface area contributed by atoms with Crippen LogP contribution in [0.15, 0.2) is 47.4 Å². The van der Waals surface area contributed by atoms with E-state index in [-0.39, 0.29) is 18.3 Å². The van der Waals surface area contributed by atoms with E-state index < -0.39 is 32.4 Å². The topological polar surface area (TPSA) is 103 Å². The molecule has 4 rings (SSSR count). The maximum absolute atomic E-state index is 13.4. The summed E-state index contributed by atoms with van der Waals surface area (Å²) in [5.41, 5.74) is -0.387. The van der Waals surface area contributed by atoms with E-state index in [1.54, 1.807) is 37.3 Å². The molecule has 0 amide bonds. The fourth-order valence-electron chi connectivity index (χ4n) is 3.87. The molecule has 0 unspecified atom stereocenters. The Balaban J connectivity index is 1.82. The molecule has 1 aliphatic carbocycles. The molecule has 1 fully saturated rings. The molecular formula is C21H19NO6S. The molecule has 1 heterocycles. The maximum atomic E-state index is 13.4. The molecule has 29 heavy (non-hydrogen) atoms. The number of sulfone groups is 1. The Hall–Kier alpha value is -3.05. The van der Waals surface area contributed by atoms with Gasteiger partial charge in [-0.25, -0.2) is 8.42 Å². The van der Waals surface area contributed by atoms with Crippen molar-refractivity contribution in [1.82, 2.24) is 0 Å². The summed E-state index contributed by atoms with van der Waals surface area (Å²) in [6.07, 6.45) is 0. The second kappa shape index (κ2) is 6.78. The van der Waals surface area contributed by atoms with Crippen LogP contribution >= 0.6 is 0 Å². The molecule has 2 aromatic rings. The largest absolute Gasteiger partial charge is 0.465 e. The van der Waals surface area contributed by atoms with E-state index >= 15 is 0 Å². The zero-order chi connectivity index (χ0) is 20.8. The number of nitrogens with zero attached hydrogens (tertiary/aromatic N) is 1. The first-order valence-corrected chi connectivity index (χ1v) is 10.7. The number of fused-ring (bicyclic) bond motifs is 1. The highest BCUT2D eigenvalue weighted by Crippen LogP contribution is 2.65. The Morgan fingerprint density at radius 1 is 1.21 bits per heavy atom. The van der Waals surface area contributed by atoms with E-state index in [1.165, 1.54) is 12.1 Å². The molecule has 2 aromatic carbocycles. The van der Waals surface area contributed by atoms with Crippen LogP contribution in [0, 0.1) is 23.7 Å². The lowest BCUT2D eigenvalue weighted by Gasteiger charge is -2.09. The Kier molecular flexibility index (Phi) is 4.50. The van der Waals surface area contributed by atoms with Crippen molar-refractivity contribution in [3.8, 4) is 17.6 Å². The Bertz CT molecular complexity index is 1120. The molecule has 0 N–H and O–H groups in total. The molecule has 7 nitrogen and oxygen atoms in total. The van der Waals surface area contributed by atoms with Crippen molar-refractivity contribution in [2.45, 2.75) is 29.9 Å². The van der Waals surface area contributed by atoms with Crippen molar-refractivity contribution in [3.63, 3.8) is 0 Å². The molecular weight excluding hydrogens is 394 g/mol. The number of esters is 1. The van der Waals surface area contributed by atoms with Crippen molar-refractivity contribution >= 4 is 15.8 Å². The second-order valence-corrected chi connectivity index (χ2v) is 9.14. The molecule has 0 bridgehead atoms. The van der Waals surface area contributed by atoms with E-state index in [2.05, 4.69) is 0 Å². The van der Waals surface area contributed by atoms with Gasteiger partial charge in [-0.15, -0.1) is 0 Å². The molecule has 3 atom stereocenters. The number of carbonyl (C=O) groups is 1. The molecule has 0 aromatic heterocycles. The lowest BCUT2D eigenvalue weighted by molar-refractivity contribution is -0.147. The number of ether oxygens (including phenoxy) is 3. The molecule has 1 saturated carbocycles. The van der Waals surface area contributed by atoms with Crippen LogP contribution in [-0.2, 0) is 19.4 Å². The summed E-state index contributed by atoms with van der Waals surface area (Å²) in [6, 6.07) is 13.3. The van der Waals surface area contributed by atoms with Crippen LogP contribution in [0.2, 0.25) is 0 Å². The first kappa shape index (κ1) is 19.3. The number of hydrogen-bond acceptors (Lipinski definition) is 7. The van der Waals surface area contributed by atoms with Gasteiger partial charge in [-0.3, -0.25) is 4.79 Å². The van der Waals surface area contributed by atoms with Crippen LogP contribution in [0.1, 0.15) is 24.0 Å². The summed E-state index contributed by atoms with van der Waals surface area (Å²) in [5.74, 6) is -0.708. The Labute approximate surface area is 168 Å². The summed E-state index contributed by atoms with van der Waals surface area (Å²) >= 11 is 0. The van der Waals surface area contributed by atoms with E-state index in [0.717, 1.165) is 5.56 Å². The van der Waals surface area contributed by atoms with Crippen molar-refractivity contribution in [2.24, 2.45) is 5.41 Å². The molecule has 150 valence electrons. The summed E-state index contributed by atoms with van der Waals surface area (Å²) in [5, 5.41) is 8.68. The van der Waals surface area contributed by atoms with Crippen LogP contribution in [0.25, 0.3) is 0 Å². The summed E-state index contributed by atoms with van der Waals surface area (Å²) in [6.45, 7) is 3.58. The van der Waals surface area contributed by atoms with Gasteiger partial charge in [0, 0.05) is 5.92 Å². The normalized spacial score (nSPS) is 24.6. The molecule has 2 aliphatic rings. The van der Waals surface area contributed by atoms with Gasteiger partial charge in [-0.05, 0) is 43.7 Å². The number of nitriles is 1. The van der Waals surface area contributed by atoms with E-state index in [1.807, 2.05) is 13.0 Å². The van der Waals surface area contributed by atoms with E-state index in [4.69, 9.17) is 14.2 Å². The van der Waals surface area contributed by atoms with Gasteiger partial charge >= 0.3 is 5.97 Å². The van der Waals surface area contributed by atoms with Gasteiger partial charge in [0.05, 0.1) is 17.6 Å². The minimum absolute atomic E-state index is 0.0490.